The minimum atomic E-state index is 0.283. The van der Waals surface area contributed by atoms with Crippen molar-refractivity contribution in [2.45, 2.75) is 38.5 Å². The largest absolute Gasteiger partial charge is 0.469 e. The molecule has 0 radical (unpaired) electrons. The van der Waals surface area contributed by atoms with E-state index in [0.717, 1.165) is 37.1 Å². The van der Waals surface area contributed by atoms with Gasteiger partial charge in [0.05, 0.1) is 6.26 Å². The summed E-state index contributed by atoms with van der Waals surface area (Å²) in [5, 5.41) is 0. The van der Waals surface area contributed by atoms with Gasteiger partial charge in [0.25, 0.3) is 0 Å². The Morgan fingerprint density at radius 1 is 0.929 bits per heavy atom. The molecule has 4 rings (SSSR count). The number of rotatable bonds is 7. The van der Waals surface area contributed by atoms with Gasteiger partial charge in [0.1, 0.15) is 5.76 Å². The highest BCUT2D eigenvalue weighted by Gasteiger charge is 2.32. The first-order valence-corrected chi connectivity index (χ1v) is 10.8. The summed E-state index contributed by atoms with van der Waals surface area (Å²) in [7, 11) is 0. The molecule has 1 atom stereocenters. The fourth-order valence-electron chi connectivity index (χ4n) is 4.85. The number of hydrogen-bond donors (Lipinski definition) is 0. The van der Waals surface area contributed by atoms with Gasteiger partial charge in [-0.25, -0.2) is 0 Å². The third kappa shape index (κ3) is 5.05. The summed E-state index contributed by atoms with van der Waals surface area (Å²) < 4.78 is 5.34. The van der Waals surface area contributed by atoms with Crippen LogP contribution in [0.2, 0.25) is 0 Å². The Morgan fingerprint density at radius 2 is 1.71 bits per heavy atom. The fraction of sp³-hybridized carbons (Fsp3) is 0.542. The average Bonchev–Trinajstić information content (AvgIpc) is 3.43. The van der Waals surface area contributed by atoms with Crippen molar-refractivity contribution in [1.29, 1.82) is 0 Å². The maximum atomic E-state index is 12.5. The van der Waals surface area contributed by atoms with E-state index < -0.39 is 0 Å². The predicted octanol–water partition coefficient (Wildman–Crippen LogP) is 4.02. The van der Waals surface area contributed by atoms with E-state index in [0.29, 0.717) is 12.8 Å². The first-order valence-electron chi connectivity index (χ1n) is 10.8. The molecule has 4 nitrogen and oxygen atoms in total. The number of amides is 1. The zero-order valence-corrected chi connectivity index (χ0v) is 16.8. The molecule has 0 saturated carbocycles. The van der Waals surface area contributed by atoms with Gasteiger partial charge in [-0.1, -0.05) is 30.3 Å². The molecule has 0 aliphatic carbocycles. The Morgan fingerprint density at radius 3 is 2.46 bits per heavy atom. The molecule has 3 heterocycles. The Hall–Kier alpha value is -2.07. The second kappa shape index (κ2) is 9.42. The van der Waals surface area contributed by atoms with Crippen LogP contribution in [0.4, 0.5) is 0 Å². The van der Waals surface area contributed by atoms with Gasteiger partial charge in [0, 0.05) is 39.0 Å². The smallest absolute Gasteiger partial charge is 0.223 e. The van der Waals surface area contributed by atoms with Gasteiger partial charge >= 0.3 is 0 Å². The molecule has 2 aliphatic heterocycles. The lowest BCUT2D eigenvalue weighted by Crippen LogP contribution is -2.40. The minimum absolute atomic E-state index is 0.283. The van der Waals surface area contributed by atoms with Crippen LogP contribution in [0.1, 0.15) is 37.0 Å². The van der Waals surface area contributed by atoms with Crippen LogP contribution in [0.3, 0.4) is 0 Å². The molecule has 1 aromatic carbocycles. The van der Waals surface area contributed by atoms with E-state index in [1.165, 1.54) is 44.5 Å². The lowest BCUT2D eigenvalue weighted by molar-refractivity contribution is -0.132. The molecule has 2 aliphatic rings. The monoisotopic (exact) mass is 380 g/mol. The number of benzene rings is 1. The number of furan rings is 1. The molecule has 0 spiro atoms. The molecule has 4 heteroatoms. The highest BCUT2D eigenvalue weighted by molar-refractivity contribution is 5.76. The van der Waals surface area contributed by atoms with E-state index in [9.17, 15) is 4.79 Å². The summed E-state index contributed by atoms with van der Waals surface area (Å²) in [6.45, 7) is 5.51. The van der Waals surface area contributed by atoms with Crippen LogP contribution in [-0.4, -0.2) is 48.4 Å². The fourth-order valence-corrected chi connectivity index (χ4v) is 4.85. The van der Waals surface area contributed by atoms with Gasteiger partial charge in [-0.3, -0.25) is 4.79 Å². The zero-order valence-electron chi connectivity index (χ0n) is 16.8. The number of piperidine rings is 1. The quantitative estimate of drug-likeness (QED) is 0.728. The van der Waals surface area contributed by atoms with Crippen LogP contribution in [0.15, 0.2) is 53.1 Å². The molecule has 2 fully saturated rings. The molecule has 28 heavy (non-hydrogen) atoms. The summed E-state index contributed by atoms with van der Waals surface area (Å²) in [6, 6.07) is 14.6. The first kappa shape index (κ1) is 19.3. The maximum absolute atomic E-state index is 12.5. The molecule has 0 bridgehead atoms. The highest BCUT2D eigenvalue weighted by atomic mass is 16.3. The van der Waals surface area contributed by atoms with Crippen molar-refractivity contribution in [1.82, 2.24) is 9.80 Å². The SMILES string of the molecule is O=C(CCc1ccco1)N1CCC(C2CCN(CCc3ccccc3)C2)CC1. The number of likely N-dealkylation sites (tertiary alicyclic amines) is 2. The Kier molecular flexibility index (Phi) is 6.48. The van der Waals surface area contributed by atoms with Crippen LogP contribution in [0, 0.1) is 11.8 Å². The van der Waals surface area contributed by atoms with E-state index in [4.69, 9.17) is 4.42 Å². The molecule has 1 aromatic heterocycles. The molecule has 150 valence electrons. The number of carbonyl (C=O) groups excluding carboxylic acids is 1. The van der Waals surface area contributed by atoms with Crippen LogP contribution >= 0.6 is 0 Å². The second-order valence-electron chi connectivity index (χ2n) is 8.38. The van der Waals surface area contributed by atoms with E-state index in [1.807, 2.05) is 12.1 Å². The zero-order chi connectivity index (χ0) is 19.2. The molecular weight excluding hydrogens is 348 g/mol. The molecule has 1 amide bonds. The topological polar surface area (TPSA) is 36.7 Å². The van der Waals surface area contributed by atoms with Gasteiger partial charge in [0.2, 0.25) is 5.91 Å². The highest BCUT2D eigenvalue weighted by Crippen LogP contribution is 2.32. The van der Waals surface area contributed by atoms with Crippen molar-refractivity contribution < 1.29 is 9.21 Å². The number of aryl methyl sites for hydroxylation is 1. The van der Waals surface area contributed by atoms with Crippen molar-refractivity contribution >= 4 is 5.91 Å². The number of hydrogen-bond acceptors (Lipinski definition) is 3. The van der Waals surface area contributed by atoms with Crippen LogP contribution < -0.4 is 0 Å². The number of carbonyl (C=O) groups is 1. The molecule has 0 N–H and O–H groups in total. The van der Waals surface area contributed by atoms with E-state index >= 15 is 0 Å². The lowest BCUT2D eigenvalue weighted by Gasteiger charge is -2.35. The Bertz CT molecular complexity index is 720. The molecule has 2 saturated heterocycles. The van der Waals surface area contributed by atoms with Crippen molar-refractivity contribution in [3.63, 3.8) is 0 Å². The van der Waals surface area contributed by atoms with Gasteiger partial charge in [0.15, 0.2) is 0 Å². The standard InChI is InChI=1S/C24H32N2O2/c27-24(9-8-23-7-4-18-28-23)26-16-12-21(13-17-26)22-11-15-25(19-22)14-10-20-5-2-1-3-6-20/h1-7,18,21-22H,8-17,19H2. The summed E-state index contributed by atoms with van der Waals surface area (Å²) in [4.78, 5) is 17.2. The first-order chi connectivity index (χ1) is 13.8. The summed E-state index contributed by atoms with van der Waals surface area (Å²) in [6.07, 6.45) is 7.77. The summed E-state index contributed by atoms with van der Waals surface area (Å²) in [5.74, 6) is 2.79. The molecular formula is C24H32N2O2. The van der Waals surface area contributed by atoms with E-state index in [1.54, 1.807) is 6.26 Å². The second-order valence-corrected chi connectivity index (χ2v) is 8.38. The van der Waals surface area contributed by atoms with Crippen molar-refractivity contribution in [3.8, 4) is 0 Å². The average molecular weight is 381 g/mol. The van der Waals surface area contributed by atoms with Crippen molar-refractivity contribution in [2.24, 2.45) is 11.8 Å². The number of nitrogens with zero attached hydrogens (tertiary/aromatic N) is 2. The van der Waals surface area contributed by atoms with E-state index in [-0.39, 0.29) is 5.91 Å². The van der Waals surface area contributed by atoms with Gasteiger partial charge in [-0.15, -0.1) is 0 Å². The predicted molar refractivity (Wildman–Crippen MR) is 111 cm³/mol. The van der Waals surface area contributed by atoms with Gasteiger partial charge < -0.3 is 14.2 Å². The molecule has 2 aromatic rings. The van der Waals surface area contributed by atoms with Crippen LogP contribution in [0.25, 0.3) is 0 Å². The normalized spacial score (nSPS) is 21.3. The van der Waals surface area contributed by atoms with E-state index in [2.05, 4.69) is 40.1 Å². The van der Waals surface area contributed by atoms with Crippen molar-refractivity contribution in [2.75, 3.05) is 32.7 Å². The van der Waals surface area contributed by atoms with Crippen LogP contribution in [-0.2, 0) is 17.6 Å². The Labute approximate surface area is 168 Å². The summed E-state index contributed by atoms with van der Waals surface area (Å²) >= 11 is 0. The van der Waals surface area contributed by atoms with Gasteiger partial charge in [-0.05, 0) is 61.8 Å². The lowest BCUT2D eigenvalue weighted by atomic mass is 9.83. The third-order valence-electron chi connectivity index (χ3n) is 6.59. The van der Waals surface area contributed by atoms with Crippen LogP contribution in [0.5, 0.6) is 0 Å². The van der Waals surface area contributed by atoms with Gasteiger partial charge in [-0.2, -0.15) is 0 Å². The third-order valence-corrected chi connectivity index (χ3v) is 6.59. The minimum Gasteiger partial charge on any atom is -0.469 e. The molecule has 1 unspecified atom stereocenters. The Balaban J connectivity index is 1.16. The maximum Gasteiger partial charge on any atom is 0.223 e. The van der Waals surface area contributed by atoms with Crippen molar-refractivity contribution in [3.05, 3.63) is 60.1 Å². The summed E-state index contributed by atoms with van der Waals surface area (Å²) in [5.41, 5.74) is 1.44.